The third kappa shape index (κ3) is 2.05. The lowest BCUT2D eigenvalue weighted by Crippen LogP contribution is -2.31. The van der Waals surface area contributed by atoms with E-state index in [2.05, 4.69) is 4.98 Å². The molecule has 100 valence electrons. The van der Waals surface area contributed by atoms with Gasteiger partial charge in [-0.15, -0.1) is 0 Å². The fraction of sp³-hybridized carbons (Fsp3) is 0.125. The summed E-state index contributed by atoms with van der Waals surface area (Å²) in [6, 6.07) is 13.4. The van der Waals surface area contributed by atoms with Crippen LogP contribution >= 0.6 is 0 Å². The topological polar surface area (TPSA) is 37.6 Å². The van der Waals surface area contributed by atoms with E-state index in [1.165, 1.54) is 0 Å². The molecular formula is C16H15N3O. The highest BCUT2D eigenvalue weighted by Crippen LogP contribution is 2.18. The molecule has 2 aromatic heterocycles. The molecule has 1 aromatic carbocycles. The largest absolute Gasteiger partial charge is 0.309 e. The van der Waals surface area contributed by atoms with Gasteiger partial charge in [0.25, 0.3) is 5.91 Å². The van der Waals surface area contributed by atoms with Crippen molar-refractivity contribution in [3.8, 4) is 0 Å². The van der Waals surface area contributed by atoms with E-state index in [1.807, 2.05) is 66.2 Å². The number of nitrogens with zero attached hydrogens (tertiary/aromatic N) is 3. The van der Waals surface area contributed by atoms with Crippen molar-refractivity contribution in [1.82, 2.24) is 9.38 Å². The molecule has 0 spiro atoms. The van der Waals surface area contributed by atoms with E-state index in [0.717, 1.165) is 5.69 Å². The van der Waals surface area contributed by atoms with Crippen molar-refractivity contribution in [2.24, 2.45) is 0 Å². The summed E-state index contributed by atoms with van der Waals surface area (Å²) >= 11 is 0. The van der Waals surface area contributed by atoms with Gasteiger partial charge in [-0.2, -0.15) is 0 Å². The smallest absolute Gasteiger partial charge is 0.262 e. The lowest BCUT2D eigenvalue weighted by molar-refractivity contribution is 0.0989. The van der Waals surface area contributed by atoms with Crippen LogP contribution in [0.25, 0.3) is 5.65 Å². The Kier molecular flexibility index (Phi) is 3.21. The average Bonchev–Trinajstić information content (AvgIpc) is 2.97. The standard InChI is InChI=1S/C16H15N3O/c1-2-19(13-7-4-3-5-8-13)16(20)14-9-6-11-18-12-10-17-15(14)18/h3-12H,2H2,1H3. The zero-order valence-electron chi connectivity index (χ0n) is 11.2. The van der Waals surface area contributed by atoms with Crippen LogP contribution in [-0.4, -0.2) is 21.8 Å². The first-order valence-electron chi connectivity index (χ1n) is 6.60. The van der Waals surface area contributed by atoms with Gasteiger partial charge in [0.05, 0.1) is 5.56 Å². The molecule has 0 aliphatic rings. The van der Waals surface area contributed by atoms with Crippen LogP contribution in [0.2, 0.25) is 0 Å². The summed E-state index contributed by atoms with van der Waals surface area (Å²) in [4.78, 5) is 18.8. The van der Waals surface area contributed by atoms with E-state index in [0.29, 0.717) is 17.8 Å². The molecule has 3 rings (SSSR count). The minimum atomic E-state index is -0.0319. The average molecular weight is 265 g/mol. The summed E-state index contributed by atoms with van der Waals surface area (Å²) < 4.78 is 1.85. The number of carbonyl (C=O) groups is 1. The lowest BCUT2D eigenvalue weighted by atomic mass is 10.2. The first-order chi connectivity index (χ1) is 9.81. The van der Waals surface area contributed by atoms with E-state index in [4.69, 9.17) is 0 Å². The summed E-state index contributed by atoms with van der Waals surface area (Å²) in [5, 5.41) is 0. The number of rotatable bonds is 3. The van der Waals surface area contributed by atoms with E-state index in [-0.39, 0.29) is 5.91 Å². The molecule has 20 heavy (non-hydrogen) atoms. The van der Waals surface area contributed by atoms with E-state index in [9.17, 15) is 4.79 Å². The van der Waals surface area contributed by atoms with Gasteiger partial charge in [-0.3, -0.25) is 4.79 Å². The monoisotopic (exact) mass is 265 g/mol. The predicted octanol–water partition coefficient (Wildman–Crippen LogP) is 3.00. The van der Waals surface area contributed by atoms with Crippen LogP contribution in [0.1, 0.15) is 17.3 Å². The van der Waals surface area contributed by atoms with Crippen molar-refractivity contribution in [3.63, 3.8) is 0 Å². The molecule has 1 amide bonds. The fourth-order valence-corrected chi connectivity index (χ4v) is 2.31. The maximum absolute atomic E-state index is 12.8. The molecule has 2 heterocycles. The summed E-state index contributed by atoms with van der Waals surface area (Å²) in [5.74, 6) is -0.0319. The second-order valence-corrected chi connectivity index (χ2v) is 4.46. The molecule has 0 fully saturated rings. The number of hydrogen-bond acceptors (Lipinski definition) is 2. The Labute approximate surface area is 117 Å². The van der Waals surface area contributed by atoms with Crippen molar-refractivity contribution < 1.29 is 4.79 Å². The molecule has 0 aliphatic heterocycles. The summed E-state index contributed by atoms with van der Waals surface area (Å²) in [5.41, 5.74) is 2.20. The zero-order chi connectivity index (χ0) is 13.9. The number of pyridine rings is 1. The van der Waals surface area contributed by atoms with Crippen LogP contribution in [-0.2, 0) is 0 Å². The number of carbonyl (C=O) groups excluding carboxylic acids is 1. The predicted molar refractivity (Wildman–Crippen MR) is 79.0 cm³/mol. The highest BCUT2D eigenvalue weighted by molar-refractivity contribution is 6.09. The van der Waals surface area contributed by atoms with E-state index >= 15 is 0 Å². The van der Waals surface area contributed by atoms with Crippen LogP contribution in [0.15, 0.2) is 61.1 Å². The van der Waals surface area contributed by atoms with Gasteiger partial charge in [0.1, 0.15) is 5.65 Å². The number of aromatic nitrogens is 2. The molecule has 0 bridgehead atoms. The maximum atomic E-state index is 12.8. The summed E-state index contributed by atoms with van der Waals surface area (Å²) in [7, 11) is 0. The Morgan fingerprint density at radius 3 is 2.70 bits per heavy atom. The number of imidazole rings is 1. The first-order valence-corrected chi connectivity index (χ1v) is 6.60. The number of para-hydroxylation sites is 1. The molecule has 3 aromatic rings. The number of anilines is 1. The normalized spacial score (nSPS) is 10.7. The van der Waals surface area contributed by atoms with Gasteiger partial charge < -0.3 is 9.30 Å². The molecule has 0 unspecified atom stereocenters. The third-order valence-corrected chi connectivity index (χ3v) is 3.28. The zero-order valence-corrected chi connectivity index (χ0v) is 11.2. The van der Waals surface area contributed by atoms with Crippen molar-refractivity contribution in [2.45, 2.75) is 6.92 Å². The SMILES string of the molecule is CCN(C(=O)c1cccn2ccnc12)c1ccccc1. The van der Waals surface area contributed by atoms with Gasteiger partial charge in [0.15, 0.2) is 0 Å². The Morgan fingerprint density at radius 2 is 1.95 bits per heavy atom. The van der Waals surface area contributed by atoms with E-state index < -0.39 is 0 Å². The van der Waals surface area contributed by atoms with Crippen molar-refractivity contribution in [1.29, 1.82) is 0 Å². The molecule has 0 saturated carbocycles. The lowest BCUT2D eigenvalue weighted by Gasteiger charge is -2.21. The third-order valence-electron chi connectivity index (χ3n) is 3.28. The van der Waals surface area contributed by atoms with Crippen molar-refractivity contribution >= 4 is 17.2 Å². The summed E-state index contributed by atoms with van der Waals surface area (Å²) in [6.07, 6.45) is 5.42. The van der Waals surface area contributed by atoms with Crippen LogP contribution in [0.3, 0.4) is 0 Å². The second kappa shape index (κ2) is 5.17. The molecule has 0 radical (unpaired) electrons. The molecule has 0 aliphatic carbocycles. The fourth-order valence-electron chi connectivity index (χ4n) is 2.31. The van der Waals surface area contributed by atoms with E-state index in [1.54, 1.807) is 11.1 Å². The minimum Gasteiger partial charge on any atom is -0.309 e. The molecule has 4 heteroatoms. The van der Waals surface area contributed by atoms with Gasteiger partial charge in [-0.05, 0) is 31.2 Å². The van der Waals surface area contributed by atoms with Gasteiger partial charge >= 0.3 is 0 Å². The number of benzene rings is 1. The van der Waals surface area contributed by atoms with Crippen LogP contribution in [0.5, 0.6) is 0 Å². The Bertz CT molecular complexity index is 734. The van der Waals surface area contributed by atoms with Gasteiger partial charge in [0.2, 0.25) is 0 Å². The molecular weight excluding hydrogens is 250 g/mol. The summed E-state index contributed by atoms with van der Waals surface area (Å²) in [6.45, 7) is 2.58. The number of hydrogen-bond donors (Lipinski definition) is 0. The Morgan fingerprint density at radius 1 is 1.15 bits per heavy atom. The van der Waals surface area contributed by atoms with Crippen LogP contribution in [0.4, 0.5) is 5.69 Å². The molecule has 4 nitrogen and oxygen atoms in total. The van der Waals surface area contributed by atoms with Gasteiger partial charge in [0, 0.05) is 30.8 Å². The highest BCUT2D eigenvalue weighted by Gasteiger charge is 2.18. The molecule has 0 saturated heterocycles. The maximum Gasteiger partial charge on any atom is 0.262 e. The van der Waals surface area contributed by atoms with Crippen LogP contribution in [0, 0.1) is 0 Å². The van der Waals surface area contributed by atoms with Crippen molar-refractivity contribution in [2.75, 3.05) is 11.4 Å². The van der Waals surface area contributed by atoms with Gasteiger partial charge in [-0.1, -0.05) is 18.2 Å². The van der Waals surface area contributed by atoms with Crippen LogP contribution < -0.4 is 4.90 Å². The molecule has 0 atom stereocenters. The Hall–Kier alpha value is -2.62. The van der Waals surface area contributed by atoms with Crippen molar-refractivity contribution in [3.05, 3.63) is 66.6 Å². The highest BCUT2D eigenvalue weighted by atomic mass is 16.2. The quantitative estimate of drug-likeness (QED) is 0.730. The minimum absolute atomic E-state index is 0.0319. The number of amides is 1. The second-order valence-electron chi connectivity index (χ2n) is 4.46. The molecule has 0 N–H and O–H groups in total. The first kappa shape index (κ1) is 12.4. The number of fused-ring (bicyclic) bond motifs is 1. The van der Waals surface area contributed by atoms with Gasteiger partial charge in [-0.25, -0.2) is 4.98 Å². The Balaban J connectivity index is 2.05.